The van der Waals surface area contributed by atoms with Crippen molar-refractivity contribution in [2.24, 2.45) is 0 Å². The highest BCUT2D eigenvalue weighted by Gasteiger charge is 2.21. The average Bonchev–Trinajstić information content (AvgIpc) is 2.90. The van der Waals surface area contributed by atoms with E-state index in [4.69, 9.17) is 16.6 Å². The standard InChI is InChI=1S/C16H17ClN2/c1-2-14-9-12(11-17)10-16(18-14)19-8-7-13-5-3-4-6-15(13)19/h3-6,9-10H,2,7-8,11H2,1H3. The van der Waals surface area contributed by atoms with Crippen LogP contribution < -0.4 is 4.90 Å². The molecule has 3 rings (SSSR count). The first-order valence-corrected chi connectivity index (χ1v) is 7.26. The number of hydrogen-bond acceptors (Lipinski definition) is 2. The molecule has 0 bridgehead atoms. The zero-order chi connectivity index (χ0) is 13.2. The molecule has 1 aliphatic heterocycles. The summed E-state index contributed by atoms with van der Waals surface area (Å²) < 4.78 is 0. The van der Waals surface area contributed by atoms with Gasteiger partial charge in [-0.2, -0.15) is 0 Å². The Morgan fingerprint density at radius 3 is 2.89 bits per heavy atom. The van der Waals surface area contributed by atoms with Crippen LogP contribution in [0, 0.1) is 0 Å². The second kappa shape index (κ2) is 5.22. The summed E-state index contributed by atoms with van der Waals surface area (Å²) in [6.07, 6.45) is 2.03. The normalized spacial score (nSPS) is 13.7. The lowest BCUT2D eigenvalue weighted by molar-refractivity contribution is 0.943. The van der Waals surface area contributed by atoms with Crippen LogP contribution in [0.4, 0.5) is 11.5 Å². The molecular weight excluding hydrogens is 256 g/mol. The Hall–Kier alpha value is -1.54. The lowest BCUT2D eigenvalue weighted by atomic mass is 10.2. The zero-order valence-electron chi connectivity index (χ0n) is 11.1. The molecule has 0 saturated heterocycles. The van der Waals surface area contributed by atoms with Gasteiger partial charge in [-0.05, 0) is 42.2 Å². The minimum absolute atomic E-state index is 0.540. The highest BCUT2D eigenvalue weighted by Crippen LogP contribution is 2.33. The van der Waals surface area contributed by atoms with E-state index in [9.17, 15) is 0 Å². The Kier molecular flexibility index (Phi) is 3.43. The second-order valence-electron chi connectivity index (χ2n) is 4.84. The molecule has 0 radical (unpaired) electrons. The molecule has 0 fully saturated rings. The molecule has 0 unspecified atom stereocenters. The largest absolute Gasteiger partial charge is 0.326 e. The number of alkyl halides is 1. The molecule has 2 nitrogen and oxygen atoms in total. The monoisotopic (exact) mass is 272 g/mol. The Bertz CT molecular complexity index is 573. The number of nitrogens with zero attached hydrogens (tertiary/aromatic N) is 2. The maximum absolute atomic E-state index is 5.99. The Labute approximate surface area is 119 Å². The minimum atomic E-state index is 0.540. The van der Waals surface area contributed by atoms with Crippen molar-refractivity contribution in [3.05, 3.63) is 53.2 Å². The summed E-state index contributed by atoms with van der Waals surface area (Å²) in [4.78, 5) is 7.04. The summed E-state index contributed by atoms with van der Waals surface area (Å²) in [5.41, 5.74) is 4.94. The number of rotatable bonds is 3. The number of benzene rings is 1. The first-order chi connectivity index (χ1) is 9.31. The number of hydrogen-bond donors (Lipinski definition) is 0. The zero-order valence-corrected chi connectivity index (χ0v) is 11.8. The predicted molar refractivity (Wildman–Crippen MR) is 80.3 cm³/mol. The molecule has 2 aromatic rings. The van der Waals surface area contributed by atoms with Crippen molar-refractivity contribution < 1.29 is 0 Å². The third-order valence-electron chi connectivity index (χ3n) is 3.60. The van der Waals surface area contributed by atoms with Gasteiger partial charge < -0.3 is 4.90 Å². The van der Waals surface area contributed by atoms with Crippen molar-refractivity contribution in [2.45, 2.75) is 25.6 Å². The van der Waals surface area contributed by atoms with E-state index < -0.39 is 0 Å². The number of halogens is 1. The molecular formula is C16H17ClN2. The SMILES string of the molecule is CCc1cc(CCl)cc(N2CCc3ccccc32)n1. The number of pyridine rings is 1. The van der Waals surface area contributed by atoms with Crippen LogP contribution in [0.15, 0.2) is 36.4 Å². The maximum Gasteiger partial charge on any atom is 0.133 e. The van der Waals surface area contributed by atoms with Gasteiger partial charge in [0.25, 0.3) is 0 Å². The van der Waals surface area contributed by atoms with Crippen LogP contribution in [-0.2, 0) is 18.7 Å². The van der Waals surface area contributed by atoms with E-state index in [0.29, 0.717) is 5.88 Å². The molecule has 2 heterocycles. The number of aromatic nitrogens is 1. The van der Waals surface area contributed by atoms with Crippen LogP contribution in [0.5, 0.6) is 0 Å². The molecule has 0 amide bonds. The fraction of sp³-hybridized carbons (Fsp3) is 0.312. The summed E-state index contributed by atoms with van der Waals surface area (Å²) in [5.74, 6) is 1.57. The van der Waals surface area contributed by atoms with Crippen molar-refractivity contribution in [3.63, 3.8) is 0 Å². The quantitative estimate of drug-likeness (QED) is 0.783. The van der Waals surface area contributed by atoms with Crippen LogP contribution in [0.1, 0.15) is 23.7 Å². The first kappa shape index (κ1) is 12.5. The molecule has 0 atom stereocenters. The molecule has 0 saturated carbocycles. The third-order valence-corrected chi connectivity index (χ3v) is 3.91. The summed E-state index contributed by atoms with van der Waals surface area (Å²) >= 11 is 5.99. The van der Waals surface area contributed by atoms with Crippen molar-refractivity contribution in [1.29, 1.82) is 0 Å². The molecule has 1 aromatic heterocycles. The van der Waals surface area contributed by atoms with Gasteiger partial charge >= 0.3 is 0 Å². The minimum Gasteiger partial charge on any atom is -0.326 e. The summed E-state index contributed by atoms with van der Waals surface area (Å²) in [6.45, 7) is 3.13. The van der Waals surface area contributed by atoms with E-state index in [2.05, 4.69) is 48.2 Å². The van der Waals surface area contributed by atoms with Gasteiger partial charge in [0.2, 0.25) is 0 Å². The van der Waals surface area contributed by atoms with Crippen molar-refractivity contribution in [2.75, 3.05) is 11.4 Å². The fourth-order valence-electron chi connectivity index (χ4n) is 2.61. The Morgan fingerprint density at radius 1 is 1.26 bits per heavy atom. The van der Waals surface area contributed by atoms with Crippen LogP contribution in [-0.4, -0.2) is 11.5 Å². The van der Waals surface area contributed by atoms with Gasteiger partial charge in [-0.3, -0.25) is 0 Å². The molecule has 98 valence electrons. The number of anilines is 2. The van der Waals surface area contributed by atoms with E-state index in [-0.39, 0.29) is 0 Å². The van der Waals surface area contributed by atoms with Crippen molar-refractivity contribution >= 4 is 23.1 Å². The molecule has 3 heteroatoms. The molecule has 19 heavy (non-hydrogen) atoms. The van der Waals surface area contributed by atoms with Gasteiger partial charge in [0, 0.05) is 23.8 Å². The molecule has 0 aliphatic carbocycles. The summed E-state index contributed by atoms with van der Waals surface area (Å²) in [7, 11) is 0. The topological polar surface area (TPSA) is 16.1 Å². The molecule has 0 N–H and O–H groups in total. The van der Waals surface area contributed by atoms with Gasteiger partial charge in [0.05, 0.1) is 0 Å². The van der Waals surface area contributed by atoms with Gasteiger partial charge in [-0.25, -0.2) is 4.98 Å². The lowest BCUT2D eigenvalue weighted by Crippen LogP contribution is -2.15. The van der Waals surface area contributed by atoms with Gasteiger partial charge in [-0.15, -0.1) is 11.6 Å². The second-order valence-corrected chi connectivity index (χ2v) is 5.11. The number of para-hydroxylation sites is 1. The van der Waals surface area contributed by atoms with E-state index in [1.165, 1.54) is 11.3 Å². The fourth-order valence-corrected chi connectivity index (χ4v) is 2.76. The van der Waals surface area contributed by atoms with Crippen LogP contribution >= 0.6 is 11.6 Å². The summed E-state index contributed by atoms with van der Waals surface area (Å²) in [6, 6.07) is 12.8. The number of aryl methyl sites for hydroxylation is 1. The van der Waals surface area contributed by atoms with Gasteiger partial charge in [-0.1, -0.05) is 25.1 Å². The van der Waals surface area contributed by atoms with E-state index >= 15 is 0 Å². The summed E-state index contributed by atoms with van der Waals surface area (Å²) in [5, 5.41) is 0. The van der Waals surface area contributed by atoms with Crippen LogP contribution in [0.3, 0.4) is 0 Å². The maximum atomic E-state index is 5.99. The highest BCUT2D eigenvalue weighted by molar-refractivity contribution is 6.17. The average molecular weight is 273 g/mol. The molecule has 0 spiro atoms. The number of fused-ring (bicyclic) bond motifs is 1. The Morgan fingerprint density at radius 2 is 2.11 bits per heavy atom. The van der Waals surface area contributed by atoms with Crippen LogP contribution in [0.2, 0.25) is 0 Å². The highest BCUT2D eigenvalue weighted by atomic mass is 35.5. The van der Waals surface area contributed by atoms with Crippen molar-refractivity contribution in [3.8, 4) is 0 Å². The van der Waals surface area contributed by atoms with Crippen LogP contribution in [0.25, 0.3) is 0 Å². The molecule has 1 aromatic carbocycles. The van der Waals surface area contributed by atoms with E-state index in [1.54, 1.807) is 0 Å². The van der Waals surface area contributed by atoms with E-state index in [0.717, 1.165) is 36.5 Å². The van der Waals surface area contributed by atoms with Crippen molar-refractivity contribution in [1.82, 2.24) is 4.98 Å². The predicted octanol–water partition coefficient (Wildman–Crippen LogP) is 4.08. The Balaban J connectivity index is 2.04. The third kappa shape index (κ3) is 2.33. The van der Waals surface area contributed by atoms with Gasteiger partial charge in [0.1, 0.15) is 5.82 Å². The van der Waals surface area contributed by atoms with Gasteiger partial charge in [0.15, 0.2) is 0 Å². The lowest BCUT2D eigenvalue weighted by Gasteiger charge is -2.19. The first-order valence-electron chi connectivity index (χ1n) is 6.73. The van der Waals surface area contributed by atoms with E-state index in [1.807, 2.05) is 0 Å². The smallest absolute Gasteiger partial charge is 0.133 e. The molecule has 1 aliphatic rings.